The fourth-order valence-corrected chi connectivity index (χ4v) is 5.08. The van der Waals surface area contributed by atoms with E-state index in [-0.39, 0.29) is 23.1 Å². The number of aromatic nitrogens is 2. The van der Waals surface area contributed by atoms with Gasteiger partial charge >= 0.3 is 5.69 Å². The molecule has 1 aromatic carbocycles. The van der Waals surface area contributed by atoms with Crippen LogP contribution in [-0.2, 0) is 11.8 Å². The van der Waals surface area contributed by atoms with E-state index in [9.17, 15) is 14.4 Å². The normalized spacial score (nSPS) is 17.5. The molecular weight excluding hydrogens is 418 g/mol. The first-order valence-corrected chi connectivity index (χ1v) is 12.1. The molecule has 0 bridgehead atoms. The minimum Gasteiger partial charge on any atom is -0.366 e. The first-order chi connectivity index (χ1) is 16.0. The molecule has 8 nitrogen and oxygen atoms in total. The van der Waals surface area contributed by atoms with E-state index >= 15 is 0 Å². The number of amides is 1. The van der Waals surface area contributed by atoms with E-state index in [4.69, 9.17) is 0 Å². The number of hydrogen-bond acceptors (Lipinski definition) is 5. The van der Waals surface area contributed by atoms with Gasteiger partial charge in [-0.1, -0.05) is 18.2 Å². The van der Waals surface area contributed by atoms with Crippen LogP contribution in [0.3, 0.4) is 0 Å². The van der Waals surface area contributed by atoms with Gasteiger partial charge in [0.2, 0.25) is 5.91 Å². The summed E-state index contributed by atoms with van der Waals surface area (Å²) in [5, 5.41) is 3.11. The summed E-state index contributed by atoms with van der Waals surface area (Å²) in [5.41, 5.74) is 1.29. The van der Waals surface area contributed by atoms with E-state index in [2.05, 4.69) is 10.2 Å². The number of carbonyl (C=O) groups is 1. The number of rotatable bonds is 7. The van der Waals surface area contributed by atoms with Gasteiger partial charge in [0, 0.05) is 32.6 Å². The number of para-hydroxylation sites is 1. The van der Waals surface area contributed by atoms with Crippen LogP contribution < -0.4 is 21.5 Å². The van der Waals surface area contributed by atoms with E-state index in [1.54, 1.807) is 4.57 Å². The van der Waals surface area contributed by atoms with Crippen molar-refractivity contribution in [2.75, 3.05) is 44.2 Å². The Morgan fingerprint density at radius 1 is 1.03 bits per heavy atom. The molecule has 0 atom stereocenters. The van der Waals surface area contributed by atoms with Gasteiger partial charge in [-0.2, -0.15) is 0 Å². The Hall–Kier alpha value is -2.87. The Morgan fingerprint density at radius 3 is 2.36 bits per heavy atom. The van der Waals surface area contributed by atoms with Crippen LogP contribution in [0.2, 0.25) is 0 Å². The van der Waals surface area contributed by atoms with Crippen molar-refractivity contribution in [2.45, 2.75) is 39.0 Å². The average molecular weight is 454 g/mol. The highest BCUT2D eigenvalue weighted by Crippen LogP contribution is 2.24. The zero-order valence-corrected chi connectivity index (χ0v) is 19.8. The van der Waals surface area contributed by atoms with Crippen LogP contribution in [0.25, 0.3) is 5.69 Å². The minimum absolute atomic E-state index is 0.0303. The molecule has 0 spiro atoms. The number of benzene rings is 1. The van der Waals surface area contributed by atoms with Crippen LogP contribution in [0.4, 0.5) is 5.69 Å². The van der Waals surface area contributed by atoms with Crippen LogP contribution in [0, 0.1) is 12.8 Å². The number of nitrogens with one attached hydrogen (secondary N) is 1. The van der Waals surface area contributed by atoms with Crippen molar-refractivity contribution in [2.24, 2.45) is 13.0 Å². The zero-order chi connectivity index (χ0) is 23.4. The highest BCUT2D eigenvalue weighted by Gasteiger charge is 2.28. The smallest absolute Gasteiger partial charge is 0.335 e. The minimum atomic E-state index is -0.351. The predicted octanol–water partition coefficient (Wildman–Crippen LogP) is 1.66. The maximum absolute atomic E-state index is 13.0. The fraction of sp³-hybridized carbons (Fsp3) is 0.560. The third-order valence-corrected chi connectivity index (χ3v) is 7.01. The van der Waals surface area contributed by atoms with Gasteiger partial charge < -0.3 is 15.1 Å². The van der Waals surface area contributed by atoms with E-state index in [1.165, 1.54) is 37.5 Å². The molecule has 178 valence electrons. The van der Waals surface area contributed by atoms with Crippen LogP contribution in [0.5, 0.6) is 0 Å². The SMILES string of the molecule is Cc1c(N2CCC(C(=O)NCCCN3CCCC3)CC2)c(=O)n(C)c(=O)n1-c1ccccc1. The molecule has 2 fully saturated rings. The van der Waals surface area contributed by atoms with Gasteiger partial charge in [0.05, 0.1) is 11.4 Å². The Bertz CT molecular complexity index is 1080. The number of anilines is 1. The lowest BCUT2D eigenvalue weighted by atomic mass is 9.95. The summed E-state index contributed by atoms with van der Waals surface area (Å²) < 4.78 is 2.77. The highest BCUT2D eigenvalue weighted by atomic mass is 16.2. The van der Waals surface area contributed by atoms with Crippen molar-refractivity contribution in [3.63, 3.8) is 0 Å². The molecule has 0 unspecified atom stereocenters. The molecule has 1 N–H and O–H groups in total. The van der Waals surface area contributed by atoms with E-state index in [1.807, 2.05) is 42.2 Å². The standard InChI is InChI=1S/C25H35N5O3/c1-19-22(24(32)27(2)25(33)30(19)21-9-4-3-5-10-21)29-17-11-20(12-18-29)23(31)26-13-8-16-28-14-6-7-15-28/h3-5,9-10,20H,6-8,11-18H2,1-2H3,(H,26,31). The molecule has 1 aromatic heterocycles. The summed E-state index contributed by atoms with van der Waals surface area (Å²) in [5.74, 6) is 0.0900. The molecule has 2 aliphatic rings. The van der Waals surface area contributed by atoms with Gasteiger partial charge in [-0.3, -0.25) is 18.7 Å². The topological polar surface area (TPSA) is 79.6 Å². The summed E-state index contributed by atoms with van der Waals surface area (Å²) in [7, 11) is 1.52. The first kappa shape index (κ1) is 23.3. The van der Waals surface area contributed by atoms with E-state index < -0.39 is 0 Å². The highest BCUT2D eigenvalue weighted by molar-refractivity contribution is 5.79. The lowest BCUT2D eigenvalue weighted by molar-refractivity contribution is -0.125. The average Bonchev–Trinajstić information content (AvgIpc) is 3.35. The number of nitrogens with zero attached hydrogens (tertiary/aromatic N) is 4. The summed E-state index contributed by atoms with van der Waals surface area (Å²) in [6.07, 6.45) is 4.96. The second-order valence-corrected chi connectivity index (χ2v) is 9.21. The van der Waals surface area contributed by atoms with Gasteiger partial charge in [-0.15, -0.1) is 0 Å². The summed E-state index contributed by atoms with van der Waals surface area (Å²) in [4.78, 5) is 43.0. The second-order valence-electron chi connectivity index (χ2n) is 9.21. The number of hydrogen-bond donors (Lipinski definition) is 1. The molecule has 2 saturated heterocycles. The quantitative estimate of drug-likeness (QED) is 0.645. The van der Waals surface area contributed by atoms with Crippen LogP contribution >= 0.6 is 0 Å². The van der Waals surface area contributed by atoms with Crippen LogP contribution in [0.15, 0.2) is 39.9 Å². The Balaban J connectivity index is 1.40. The maximum Gasteiger partial charge on any atom is 0.335 e. The Labute approximate surface area is 194 Å². The van der Waals surface area contributed by atoms with E-state index in [0.717, 1.165) is 25.2 Å². The zero-order valence-electron chi connectivity index (χ0n) is 19.8. The van der Waals surface area contributed by atoms with E-state index in [0.29, 0.717) is 37.3 Å². The molecule has 0 saturated carbocycles. The Morgan fingerprint density at radius 2 is 1.70 bits per heavy atom. The van der Waals surface area contributed by atoms with Crippen LogP contribution in [0.1, 0.15) is 37.8 Å². The molecule has 0 aliphatic carbocycles. The largest absolute Gasteiger partial charge is 0.366 e. The molecule has 2 aliphatic heterocycles. The Kier molecular flexibility index (Phi) is 7.33. The maximum atomic E-state index is 13.0. The number of piperidine rings is 1. The van der Waals surface area contributed by atoms with Crippen LogP contribution in [-0.4, -0.2) is 59.2 Å². The monoisotopic (exact) mass is 453 g/mol. The lowest BCUT2D eigenvalue weighted by Gasteiger charge is -2.34. The van der Waals surface area contributed by atoms with Gasteiger partial charge in [0.1, 0.15) is 5.69 Å². The van der Waals surface area contributed by atoms with Gasteiger partial charge in [-0.05, 0) is 70.8 Å². The van der Waals surface area contributed by atoms with Crippen molar-refractivity contribution in [3.05, 3.63) is 56.9 Å². The van der Waals surface area contributed by atoms with Gasteiger partial charge in [-0.25, -0.2) is 4.79 Å². The molecular formula is C25H35N5O3. The summed E-state index contributed by atoms with van der Waals surface area (Å²) in [6.45, 7) is 7.20. The van der Waals surface area contributed by atoms with Crippen molar-refractivity contribution in [1.29, 1.82) is 0 Å². The summed E-state index contributed by atoms with van der Waals surface area (Å²) in [6, 6.07) is 9.38. The predicted molar refractivity (Wildman–Crippen MR) is 130 cm³/mol. The summed E-state index contributed by atoms with van der Waals surface area (Å²) >= 11 is 0. The fourth-order valence-electron chi connectivity index (χ4n) is 5.08. The molecule has 3 heterocycles. The van der Waals surface area contributed by atoms with Crippen molar-refractivity contribution >= 4 is 11.6 Å². The molecule has 4 rings (SSSR count). The lowest BCUT2D eigenvalue weighted by Crippen LogP contribution is -2.46. The number of carbonyl (C=O) groups excluding carboxylic acids is 1. The van der Waals surface area contributed by atoms with Gasteiger partial charge in [0.25, 0.3) is 5.56 Å². The number of likely N-dealkylation sites (tertiary alicyclic amines) is 1. The van der Waals surface area contributed by atoms with Crippen molar-refractivity contribution in [1.82, 2.24) is 19.4 Å². The van der Waals surface area contributed by atoms with Crippen molar-refractivity contribution in [3.8, 4) is 5.69 Å². The second kappa shape index (κ2) is 10.4. The molecule has 8 heteroatoms. The van der Waals surface area contributed by atoms with Crippen molar-refractivity contribution < 1.29 is 4.79 Å². The third kappa shape index (κ3) is 5.05. The first-order valence-electron chi connectivity index (χ1n) is 12.1. The molecule has 33 heavy (non-hydrogen) atoms. The molecule has 1 amide bonds. The molecule has 2 aromatic rings. The third-order valence-electron chi connectivity index (χ3n) is 7.01. The molecule has 0 radical (unpaired) electrons. The van der Waals surface area contributed by atoms with Gasteiger partial charge in [0.15, 0.2) is 0 Å².